The van der Waals surface area contributed by atoms with Crippen LogP contribution in [0.1, 0.15) is 71.1 Å². The van der Waals surface area contributed by atoms with Gasteiger partial charge in [0.15, 0.2) is 0 Å². The minimum absolute atomic E-state index is 0.0362. The van der Waals surface area contributed by atoms with E-state index in [-0.39, 0.29) is 35.6 Å². The van der Waals surface area contributed by atoms with Crippen LogP contribution in [0.3, 0.4) is 0 Å². The molecule has 0 unspecified atom stereocenters. The average molecular weight is 441 g/mol. The molecule has 0 bridgehead atoms. The molecule has 0 heterocycles. The lowest BCUT2D eigenvalue weighted by molar-refractivity contribution is -0.140. The van der Waals surface area contributed by atoms with Gasteiger partial charge >= 0.3 is 0 Å². The molecule has 0 aromatic heterocycles. The van der Waals surface area contributed by atoms with E-state index in [1.54, 1.807) is 24.0 Å². The molecular formula is C27H37FN2O2. The van der Waals surface area contributed by atoms with E-state index in [2.05, 4.69) is 50.4 Å². The molecule has 174 valence electrons. The molecule has 0 spiro atoms. The Morgan fingerprint density at radius 2 is 1.53 bits per heavy atom. The van der Waals surface area contributed by atoms with Crippen molar-refractivity contribution in [1.82, 2.24) is 10.2 Å². The normalized spacial score (nSPS) is 13.3. The van der Waals surface area contributed by atoms with Crippen LogP contribution in [0.5, 0.6) is 0 Å². The zero-order chi connectivity index (χ0) is 23.9. The third kappa shape index (κ3) is 7.47. The van der Waals surface area contributed by atoms with Crippen molar-refractivity contribution in [2.45, 2.75) is 84.8 Å². The second-order valence-electron chi connectivity index (χ2n) is 9.59. The van der Waals surface area contributed by atoms with E-state index in [0.29, 0.717) is 12.8 Å². The third-order valence-corrected chi connectivity index (χ3v) is 5.88. The Bertz CT molecular complexity index is 885. The molecule has 0 radical (unpaired) electrons. The van der Waals surface area contributed by atoms with Crippen LogP contribution >= 0.6 is 0 Å². The molecule has 1 N–H and O–H groups in total. The summed E-state index contributed by atoms with van der Waals surface area (Å²) in [4.78, 5) is 27.5. The van der Waals surface area contributed by atoms with Crippen LogP contribution in [-0.4, -0.2) is 28.8 Å². The number of amides is 2. The first-order chi connectivity index (χ1) is 15.0. The molecule has 0 saturated carbocycles. The Labute approximate surface area is 192 Å². The highest BCUT2D eigenvalue weighted by Crippen LogP contribution is 2.22. The topological polar surface area (TPSA) is 49.4 Å². The van der Waals surface area contributed by atoms with Gasteiger partial charge in [-0.2, -0.15) is 0 Å². The standard InChI is InChI=1S/C27H37FN2O2/c1-7-19(2)29-26(32)20(3)30(18-22-10-15-24(28)16-11-22)25(31)17-12-21-8-13-23(14-9-21)27(4,5)6/h8-11,13-16,19-20H,7,12,17-18H2,1-6H3,(H,29,32)/t19-,20+/m0/s1. The largest absolute Gasteiger partial charge is 0.352 e. The van der Waals surface area contributed by atoms with Crippen molar-refractivity contribution in [2.75, 3.05) is 0 Å². The summed E-state index contributed by atoms with van der Waals surface area (Å²) in [5.74, 6) is -0.599. The first-order valence-electron chi connectivity index (χ1n) is 11.4. The number of carbonyl (C=O) groups excluding carboxylic acids is 2. The minimum atomic E-state index is -0.621. The average Bonchev–Trinajstić information content (AvgIpc) is 2.76. The van der Waals surface area contributed by atoms with Gasteiger partial charge in [-0.1, -0.05) is 64.1 Å². The van der Waals surface area contributed by atoms with Crippen molar-refractivity contribution in [2.24, 2.45) is 0 Å². The van der Waals surface area contributed by atoms with Gasteiger partial charge in [0.05, 0.1) is 0 Å². The quantitative estimate of drug-likeness (QED) is 0.568. The number of halogens is 1. The number of carbonyl (C=O) groups is 2. The molecule has 2 aromatic carbocycles. The fourth-order valence-corrected chi connectivity index (χ4v) is 3.40. The third-order valence-electron chi connectivity index (χ3n) is 5.88. The molecule has 2 aromatic rings. The second kappa shape index (κ2) is 11.3. The number of hydrogen-bond acceptors (Lipinski definition) is 2. The fourth-order valence-electron chi connectivity index (χ4n) is 3.40. The van der Waals surface area contributed by atoms with Crippen LogP contribution < -0.4 is 5.32 Å². The monoisotopic (exact) mass is 440 g/mol. The molecule has 2 atom stereocenters. The van der Waals surface area contributed by atoms with Crippen molar-refractivity contribution >= 4 is 11.8 Å². The molecule has 0 aliphatic carbocycles. The number of rotatable bonds is 9. The molecule has 2 amide bonds. The van der Waals surface area contributed by atoms with Gasteiger partial charge in [0.2, 0.25) is 11.8 Å². The number of nitrogens with zero attached hydrogens (tertiary/aromatic N) is 1. The number of nitrogens with one attached hydrogen (secondary N) is 1. The van der Waals surface area contributed by atoms with E-state index in [4.69, 9.17) is 0 Å². The first-order valence-corrected chi connectivity index (χ1v) is 11.4. The van der Waals surface area contributed by atoms with Gasteiger partial charge < -0.3 is 10.2 Å². The van der Waals surface area contributed by atoms with Crippen molar-refractivity contribution in [3.63, 3.8) is 0 Å². The van der Waals surface area contributed by atoms with Gasteiger partial charge in [0, 0.05) is 19.0 Å². The molecule has 0 fully saturated rings. The Kier molecular flexibility index (Phi) is 8.99. The van der Waals surface area contributed by atoms with Crippen molar-refractivity contribution in [3.8, 4) is 0 Å². The lowest BCUT2D eigenvalue weighted by Crippen LogP contribution is -2.49. The van der Waals surface area contributed by atoms with Crippen LogP contribution in [0.15, 0.2) is 48.5 Å². The van der Waals surface area contributed by atoms with E-state index in [0.717, 1.165) is 17.5 Å². The summed E-state index contributed by atoms with van der Waals surface area (Å²) in [7, 11) is 0. The van der Waals surface area contributed by atoms with Crippen molar-refractivity contribution in [3.05, 3.63) is 71.0 Å². The Morgan fingerprint density at radius 1 is 0.969 bits per heavy atom. The van der Waals surface area contributed by atoms with Gasteiger partial charge in [-0.3, -0.25) is 9.59 Å². The van der Waals surface area contributed by atoms with Crippen LogP contribution in [0.2, 0.25) is 0 Å². The zero-order valence-electron chi connectivity index (χ0n) is 20.2. The number of hydrogen-bond donors (Lipinski definition) is 1. The maximum Gasteiger partial charge on any atom is 0.242 e. The van der Waals surface area contributed by atoms with E-state index in [9.17, 15) is 14.0 Å². The maximum atomic E-state index is 13.3. The smallest absolute Gasteiger partial charge is 0.242 e. The van der Waals surface area contributed by atoms with Crippen molar-refractivity contribution in [1.29, 1.82) is 0 Å². The van der Waals surface area contributed by atoms with Crippen LogP contribution in [-0.2, 0) is 28.0 Å². The van der Waals surface area contributed by atoms with Gasteiger partial charge in [-0.15, -0.1) is 0 Å². The number of aryl methyl sites for hydroxylation is 1. The molecule has 0 saturated heterocycles. The molecule has 0 aliphatic heterocycles. The summed E-state index contributed by atoms with van der Waals surface area (Å²) in [6.45, 7) is 12.5. The summed E-state index contributed by atoms with van der Waals surface area (Å²) in [6.07, 6.45) is 1.72. The minimum Gasteiger partial charge on any atom is -0.352 e. The van der Waals surface area contributed by atoms with Gasteiger partial charge in [-0.25, -0.2) is 4.39 Å². The lowest BCUT2D eigenvalue weighted by atomic mass is 9.86. The summed E-state index contributed by atoms with van der Waals surface area (Å²) < 4.78 is 13.3. The summed E-state index contributed by atoms with van der Waals surface area (Å²) in [5, 5.41) is 2.96. The van der Waals surface area contributed by atoms with Gasteiger partial charge in [0.1, 0.15) is 11.9 Å². The summed E-state index contributed by atoms with van der Waals surface area (Å²) in [5.41, 5.74) is 3.21. The fraction of sp³-hybridized carbons (Fsp3) is 0.481. The van der Waals surface area contributed by atoms with Crippen LogP contribution in [0.25, 0.3) is 0 Å². The predicted octanol–water partition coefficient (Wildman–Crippen LogP) is 5.39. The van der Waals surface area contributed by atoms with Crippen LogP contribution in [0.4, 0.5) is 4.39 Å². The predicted molar refractivity (Wildman–Crippen MR) is 128 cm³/mol. The van der Waals surface area contributed by atoms with Gasteiger partial charge in [0.25, 0.3) is 0 Å². The Hall–Kier alpha value is -2.69. The molecule has 2 rings (SSSR count). The SMILES string of the molecule is CC[C@H](C)NC(=O)[C@@H](C)N(Cc1ccc(F)cc1)C(=O)CCc1ccc(C(C)(C)C)cc1. The Balaban J connectivity index is 2.13. The van der Waals surface area contributed by atoms with E-state index in [1.165, 1.54) is 17.7 Å². The lowest BCUT2D eigenvalue weighted by Gasteiger charge is -2.30. The highest BCUT2D eigenvalue weighted by molar-refractivity contribution is 5.87. The highest BCUT2D eigenvalue weighted by atomic mass is 19.1. The maximum absolute atomic E-state index is 13.3. The van der Waals surface area contributed by atoms with Crippen molar-refractivity contribution < 1.29 is 14.0 Å². The second-order valence-corrected chi connectivity index (χ2v) is 9.59. The van der Waals surface area contributed by atoms with E-state index >= 15 is 0 Å². The molecular weight excluding hydrogens is 403 g/mol. The van der Waals surface area contributed by atoms with E-state index in [1.807, 2.05) is 13.8 Å². The van der Waals surface area contributed by atoms with Gasteiger partial charge in [-0.05, 0) is 60.9 Å². The summed E-state index contributed by atoms with van der Waals surface area (Å²) >= 11 is 0. The van der Waals surface area contributed by atoms with Crippen LogP contribution in [0, 0.1) is 5.82 Å². The molecule has 5 heteroatoms. The molecule has 4 nitrogen and oxygen atoms in total. The zero-order valence-corrected chi connectivity index (χ0v) is 20.2. The summed E-state index contributed by atoms with van der Waals surface area (Å²) in [6, 6.07) is 13.8. The first kappa shape index (κ1) is 25.6. The Morgan fingerprint density at radius 3 is 2.06 bits per heavy atom. The van der Waals surface area contributed by atoms with E-state index < -0.39 is 6.04 Å². The molecule has 0 aliphatic rings. The molecule has 32 heavy (non-hydrogen) atoms. The number of benzene rings is 2. The highest BCUT2D eigenvalue weighted by Gasteiger charge is 2.26.